The minimum Gasteiger partial charge on any atom is -0.310 e. The summed E-state index contributed by atoms with van der Waals surface area (Å²) in [5, 5.41) is 3.47. The summed E-state index contributed by atoms with van der Waals surface area (Å²) in [6.45, 7) is 5.29. The summed E-state index contributed by atoms with van der Waals surface area (Å²) < 4.78 is 14.8. The van der Waals surface area contributed by atoms with Crippen molar-refractivity contribution >= 4 is 15.9 Å². The van der Waals surface area contributed by atoms with Crippen LogP contribution in [0.2, 0.25) is 0 Å². The fraction of sp³-hybridized carbons (Fsp3) is 0.625. The first kappa shape index (κ1) is 16.6. The van der Waals surface area contributed by atoms with E-state index in [0.29, 0.717) is 0 Å². The van der Waals surface area contributed by atoms with Crippen molar-refractivity contribution in [1.82, 2.24) is 5.32 Å². The third-order valence-corrected chi connectivity index (χ3v) is 3.82. The second kappa shape index (κ2) is 9.49. The van der Waals surface area contributed by atoms with Gasteiger partial charge in [-0.25, -0.2) is 4.39 Å². The lowest BCUT2D eigenvalue weighted by atomic mass is 9.99. The van der Waals surface area contributed by atoms with Crippen LogP contribution in [0, 0.1) is 5.82 Å². The van der Waals surface area contributed by atoms with E-state index in [1.54, 1.807) is 6.07 Å². The predicted molar refractivity (Wildman–Crippen MR) is 83.9 cm³/mol. The average Bonchev–Trinajstić information content (AvgIpc) is 2.39. The van der Waals surface area contributed by atoms with Crippen molar-refractivity contribution in [1.29, 1.82) is 0 Å². The number of hydrogen-bond donors (Lipinski definition) is 1. The van der Waals surface area contributed by atoms with Gasteiger partial charge in [0.05, 0.1) is 0 Å². The monoisotopic (exact) mass is 329 g/mol. The molecule has 1 nitrogen and oxygen atoms in total. The molecule has 0 aromatic heterocycles. The van der Waals surface area contributed by atoms with Crippen LogP contribution in [0.15, 0.2) is 22.7 Å². The van der Waals surface area contributed by atoms with Gasteiger partial charge in [0.15, 0.2) is 0 Å². The van der Waals surface area contributed by atoms with E-state index < -0.39 is 0 Å². The van der Waals surface area contributed by atoms with Crippen LogP contribution in [0.4, 0.5) is 4.39 Å². The Labute approximate surface area is 125 Å². The van der Waals surface area contributed by atoms with E-state index in [2.05, 4.69) is 35.1 Å². The van der Waals surface area contributed by atoms with Crippen molar-refractivity contribution < 1.29 is 4.39 Å². The van der Waals surface area contributed by atoms with Crippen molar-refractivity contribution in [2.24, 2.45) is 0 Å². The molecule has 0 spiro atoms. The van der Waals surface area contributed by atoms with Gasteiger partial charge in [-0.1, -0.05) is 61.5 Å². The van der Waals surface area contributed by atoms with Gasteiger partial charge in [-0.3, -0.25) is 0 Å². The molecule has 0 saturated heterocycles. The first-order valence-electron chi connectivity index (χ1n) is 7.37. The molecule has 19 heavy (non-hydrogen) atoms. The van der Waals surface area contributed by atoms with Gasteiger partial charge < -0.3 is 5.32 Å². The second-order valence-electron chi connectivity index (χ2n) is 5.02. The maximum absolute atomic E-state index is 14.0. The number of rotatable bonds is 9. The molecule has 0 heterocycles. The molecule has 0 aliphatic carbocycles. The van der Waals surface area contributed by atoms with E-state index in [1.807, 2.05) is 12.1 Å². The van der Waals surface area contributed by atoms with E-state index in [0.717, 1.165) is 35.8 Å². The number of benzene rings is 1. The van der Waals surface area contributed by atoms with E-state index >= 15 is 0 Å². The van der Waals surface area contributed by atoms with Crippen LogP contribution in [0.5, 0.6) is 0 Å². The van der Waals surface area contributed by atoms with Crippen LogP contribution in [-0.4, -0.2) is 6.54 Å². The summed E-state index contributed by atoms with van der Waals surface area (Å²) in [4.78, 5) is 0. The molecule has 1 rings (SSSR count). The zero-order chi connectivity index (χ0) is 14.1. The minimum absolute atomic E-state index is 0.113. The molecule has 1 aromatic carbocycles. The Morgan fingerprint density at radius 3 is 2.58 bits per heavy atom. The average molecular weight is 330 g/mol. The highest BCUT2D eigenvalue weighted by atomic mass is 79.9. The molecule has 1 atom stereocenters. The molecule has 1 N–H and O–H groups in total. The van der Waals surface area contributed by atoms with Crippen LogP contribution in [-0.2, 0) is 0 Å². The molecule has 0 fully saturated rings. The maximum atomic E-state index is 14.0. The Morgan fingerprint density at radius 2 is 1.95 bits per heavy atom. The van der Waals surface area contributed by atoms with Gasteiger partial charge in [0.2, 0.25) is 0 Å². The quantitative estimate of drug-likeness (QED) is 0.581. The Morgan fingerprint density at radius 1 is 1.16 bits per heavy atom. The third-order valence-electron chi connectivity index (χ3n) is 3.33. The lowest BCUT2D eigenvalue weighted by Crippen LogP contribution is -2.23. The van der Waals surface area contributed by atoms with E-state index in [4.69, 9.17) is 0 Å². The normalized spacial score (nSPS) is 12.6. The summed E-state index contributed by atoms with van der Waals surface area (Å²) >= 11 is 3.31. The molecule has 0 radical (unpaired) electrons. The Balaban J connectivity index is 2.66. The lowest BCUT2D eigenvalue weighted by molar-refractivity contribution is 0.451. The van der Waals surface area contributed by atoms with Gasteiger partial charge in [0.25, 0.3) is 0 Å². The summed E-state index contributed by atoms with van der Waals surface area (Å²) in [6, 6.07) is 5.52. The van der Waals surface area contributed by atoms with Crippen molar-refractivity contribution in [3.63, 3.8) is 0 Å². The third kappa shape index (κ3) is 6.05. The summed E-state index contributed by atoms with van der Waals surface area (Å²) in [7, 11) is 0. The predicted octanol–water partition coefficient (Wildman–Crippen LogP) is 5.60. The zero-order valence-electron chi connectivity index (χ0n) is 12.0. The topological polar surface area (TPSA) is 12.0 Å². The Hall–Kier alpha value is -0.410. The van der Waals surface area contributed by atoms with Crippen LogP contribution in [0.1, 0.15) is 64.0 Å². The molecule has 3 heteroatoms. The van der Waals surface area contributed by atoms with Gasteiger partial charge in [0, 0.05) is 16.1 Å². The molecule has 0 saturated carbocycles. The van der Waals surface area contributed by atoms with Gasteiger partial charge in [-0.2, -0.15) is 0 Å². The van der Waals surface area contributed by atoms with Crippen molar-refractivity contribution in [3.05, 3.63) is 34.1 Å². The number of nitrogens with one attached hydrogen (secondary N) is 1. The number of halogens is 2. The highest BCUT2D eigenvalue weighted by Gasteiger charge is 2.14. The molecule has 1 unspecified atom stereocenters. The molecule has 1 aromatic rings. The lowest BCUT2D eigenvalue weighted by Gasteiger charge is -2.19. The van der Waals surface area contributed by atoms with E-state index in [9.17, 15) is 4.39 Å². The Bertz CT molecular complexity index is 368. The molecule has 0 aliphatic rings. The molecule has 0 bridgehead atoms. The highest BCUT2D eigenvalue weighted by molar-refractivity contribution is 9.10. The molecule has 108 valence electrons. The first-order chi connectivity index (χ1) is 9.19. The standard InChI is InChI=1S/C16H25BrFN/c1-3-5-6-7-8-16(19-11-4-2)14-10-9-13(17)12-15(14)18/h9-10,12,16,19H,3-8,11H2,1-2H3. The summed E-state index contributed by atoms with van der Waals surface area (Å²) in [5.41, 5.74) is 0.799. The van der Waals surface area contributed by atoms with Crippen LogP contribution < -0.4 is 5.32 Å². The van der Waals surface area contributed by atoms with E-state index in [1.165, 1.54) is 19.3 Å². The van der Waals surface area contributed by atoms with E-state index in [-0.39, 0.29) is 11.9 Å². The van der Waals surface area contributed by atoms with Gasteiger partial charge in [-0.05, 0) is 31.5 Å². The summed E-state index contributed by atoms with van der Waals surface area (Å²) in [6.07, 6.45) is 6.98. The fourth-order valence-electron chi connectivity index (χ4n) is 2.25. The minimum atomic E-state index is -0.113. The Kier molecular flexibility index (Phi) is 8.31. The fourth-order valence-corrected chi connectivity index (χ4v) is 2.58. The molecule has 0 aliphatic heterocycles. The number of hydrogen-bond acceptors (Lipinski definition) is 1. The van der Waals surface area contributed by atoms with Gasteiger partial charge >= 0.3 is 0 Å². The SMILES string of the molecule is CCCCCCC(NCCC)c1ccc(Br)cc1F. The largest absolute Gasteiger partial charge is 0.310 e. The molecular formula is C16H25BrFN. The molecular weight excluding hydrogens is 305 g/mol. The smallest absolute Gasteiger partial charge is 0.129 e. The van der Waals surface area contributed by atoms with Crippen molar-refractivity contribution in [2.45, 2.75) is 58.4 Å². The second-order valence-corrected chi connectivity index (χ2v) is 5.94. The van der Waals surface area contributed by atoms with Gasteiger partial charge in [0.1, 0.15) is 5.82 Å². The van der Waals surface area contributed by atoms with Crippen molar-refractivity contribution in [2.75, 3.05) is 6.54 Å². The van der Waals surface area contributed by atoms with Crippen molar-refractivity contribution in [3.8, 4) is 0 Å². The number of unbranched alkanes of at least 4 members (excludes halogenated alkanes) is 3. The maximum Gasteiger partial charge on any atom is 0.129 e. The zero-order valence-corrected chi connectivity index (χ0v) is 13.6. The first-order valence-corrected chi connectivity index (χ1v) is 8.16. The van der Waals surface area contributed by atoms with Gasteiger partial charge in [-0.15, -0.1) is 0 Å². The van der Waals surface area contributed by atoms with Crippen LogP contribution in [0.3, 0.4) is 0 Å². The molecule has 0 amide bonds. The highest BCUT2D eigenvalue weighted by Crippen LogP contribution is 2.25. The van der Waals surface area contributed by atoms with Crippen LogP contribution in [0.25, 0.3) is 0 Å². The summed E-state index contributed by atoms with van der Waals surface area (Å²) in [5.74, 6) is -0.113. The van der Waals surface area contributed by atoms with Crippen LogP contribution >= 0.6 is 15.9 Å².